The van der Waals surface area contributed by atoms with Crippen molar-refractivity contribution in [3.8, 4) is 22.3 Å². The Kier molecular flexibility index (Phi) is 9.17. The number of hydrogen-bond donors (Lipinski definition) is 0. The summed E-state index contributed by atoms with van der Waals surface area (Å²) in [5.74, 6) is 1.08. The Morgan fingerprint density at radius 3 is 1.66 bits per heavy atom. The quantitative estimate of drug-likeness (QED) is 0.183. The molecule has 44 heavy (non-hydrogen) atoms. The predicted octanol–water partition coefficient (Wildman–Crippen LogP) is 11.0. The second-order valence-corrected chi connectivity index (χ2v) is 12.4. The Labute approximate surface area is 262 Å². The number of carbonyl (C=O) groups excluding carboxylic acids is 2. The van der Waals surface area contributed by atoms with Gasteiger partial charge in [0.2, 0.25) is 0 Å². The Bertz CT molecular complexity index is 1780. The Hall–Kier alpha value is -4.30. The zero-order chi connectivity index (χ0) is 30.5. The molecule has 0 amide bonds. The molecule has 2 aliphatic carbocycles. The van der Waals surface area contributed by atoms with Crippen molar-refractivity contribution in [3.05, 3.63) is 131 Å². The van der Waals surface area contributed by atoms with Gasteiger partial charge < -0.3 is 0 Å². The highest BCUT2D eigenvalue weighted by molar-refractivity contribution is 6.10. The van der Waals surface area contributed by atoms with Crippen LogP contribution in [0.2, 0.25) is 0 Å². The Morgan fingerprint density at radius 2 is 1.02 bits per heavy atom. The third kappa shape index (κ3) is 5.91. The highest BCUT2D eigenvalue weighted by Crippen LogP contribution is 2.39. The summed E-state index contributed by atoms with van der Waals surface area (Å²) in [6.45, 7) is 4.37. The van der Waals surface area contributed by atoms with E-state index in [1.807, 2.05) is 18.2 Å². The van der Waals surface area contributed by atoms with Crippen LogP contribution in [-0.4, -0.2) is 11.6 Å². The van der Waals surface area contributed by atoms with Crippen LogP contribution in [0.15, 0.2) is 109 Å². The fraction of sp³-hybridized carbons (Fsp3) is 0.286. The van der Waals surface area contributed by atoms with Gasteiger partial charge in [-0.25, -0.2) is 0 Å². The van der Waals surface area contributed by atoms with Crippen LogP contribution in [0.25, 0.3) is 33.0 Å². The first-order valence-electron chi connectivity index (χ1n) is 16.5. The first-order valence-corrected chi connectivity index (χ1v) is 16.5. The minimum atomic E-state index is 0.177. The first-order chi connectivity index (χ1) is 21.6. The van der Waals surface area contributed by atoms with Crippen molar-refractivity contribution in [3.63, 3.8) is 0 Å². The molecule has 0 fully saturated rings. The standard InChI is InChI=1S/C23H22O.C19H20O/c1-2-3-8-18-15-17-11-7-14-21(22(17)23(18)24)20-13-6-10-16-9-4-5-12-19(16)20;1-2-3-8-16-13-15-11-7-12-17(18(15)19(16)20)14-9-5-4-6-10-14/h4-7,9-14,18H,2-3,8,15H2,1H3;4-7,9-12,16H,2-3,8,13H2,1H3. The number of hydrogen-bond acceptors (Lipinski definition) is 2. The molecule has 2 atom stereocenters. The van der Waals surface area contributed by atoms with Crippen LogP contribution in [0.5, 0.6) is 0 Å². The normalized spacial score (nSPS) is 16.9. The van der Waals surface area contributed by atoms with Gasteiger partial charge >= 0.3 is 0 Å². The zero-order valence-corrected chi connectivity index (χ0v) is 26.0. The minimum absolute atomic E-state index is 0.177. The van der Waals surface area contributed by atoms with Crippen LogP contribution >= 0.6 is 0 Å². The molecular weight excluding hydrogens is 536 g/mol. The van der Waals surface area contributed by atoms with Gasteiger partial charge in [-0.3, -0.25) is 9.59 Å². The zero-order valence-electron chi connectivity index (χ0n) is 26.0. The Morgan fingerprint density at radius 1 is 0.523 bits per heavy atom. The SMILES string of the molecule is CCCCC1Cc2cccc(-c3cccc4ccccc34)c2C1=O.CCCCC1Cc2cccc(-c3ccccc3)c2C1=O. The number of fused-ring (bicyclic) bond motifs is 3. The largest absolute Gasteiger partial charge is 0.294 e. The maximum absolute atomic E-state index is 13.0. The van der Waals surface area contributed by atoms with E-state index in [0.29, 0.717) is 11.6 Å². The average Bonchev–Trinajstić information content (AvgIpc) is 3.58. The molecule has 0 bridgehead atoms. The van der Waals surface area contributed by atoms with Gasteiger partial charge in [0.15, 0.2) is 11.6 Å². The van der Waals surface area contributed by atoms with Gasteiger partial charge in [-0.2, -0.15) is 0 Å². The molecule has 0 spiro atoms. The third-order valence-corrected chi connectivity index (χ3v) is 9.45. The molecule has 2 heteroatoms. The summed E-state index contributed by atoms with van der Waals surface area (Å²) in [7, 11) is 0. The number of rotatable bonds is 8. The molecule has 0 aliphatic heterocycles. The smallest absolute Gasteiger partial charge is 0.167 e. The van der Waals surface area contributed by atoms with E-state index >= 15 is 0 Å². The number of carbonyl (C=O) groups is 2. The monoisotopic (exact) mass is 578 g/mol. The molecule has 2 unspecified atom stereocenters. The second kappa shape index (κ2) is 13.6. The van der Waals surface area contributed by atoms with Crippen molar-refractivity contribution >= 4 is 22.3 Å². The lowest BCUT2D eigenvalue weighted by Crippen LogP contribution is -2.09. The van der Waals surface area contributed by atoms with Crippen molar-refractivity contribution in [2.75, 3.05) is 0 Å². The molecule has 0 heterocycles. The summed E-state index contributed by atoms with van der Waals surface area (Å²) in [4.78, 5) is 25.7. The Balaban J connectivity index is 0.000000159. The molecule has 0 saturated heterocycles. The van der Waals surface area contributed by atoms with Crippen LogP contribution in [0, 0.1) is 11.8 Å². The van der Waals surface area contributed by atoms with Gasteiger partial charge in [0, 0.05) is 23.0 Å². The van der Waals surface area contributed by atoms with E-state index in [4.69, 9.17) is 0 Å². The van der Waals surface area contributed by atoms with Crippen molar-refractivity contribution in [2.45, 2.75) is 65.2 Å². The maximum Gasteiger partial charge on any atom is 0.167 e. The molecule has 0 saturated carbocycles. The molecule has 5 aromatic rings. The molecule has 7 rings (SSSR count). The molecular formula is C42H42O2. The highest BCUT2D eigenvalue weighted by Gasteiger charge is 2.33. The van der Waals surface area contributed by atoms with Crippen LogP contribution in [0.3, 0.4) is 0 Å². The van der Waals surface area contributed by atoms with Gasteiger partial charge in [0.25, 0.3) is 0 Å². The minimum Gasteiger partial charge on any atom is -0.294 e. The second-order valence-electron chi connectivity index (χ2n) is 12.4. The topological polar surface area (TPSA) is 34.1 Å². The molecule has 2 aliphatic rings. The van der Waals surface area contributed by atoms with Gasteiger partial charge in [-0.1, -0.05) is 149 Å². The number of unbranched alkanes of at least 4 members (excludes halogenated alkanes) is 2. The summed E-state index contributed by atoms with van der Waals surface area (Å²) in [5, 5.41) is 2.44. The maximum atomic E-state index is 13.0. The third-order valence-electron chi connectivity index (χ3n) is 9.45. The average molecular weight is 579 g/mol. The van der Waals surface area contributed by atoms with Crippen molar-refractivity contribution in [2.24, 2.45) is 11.8 Å². The lowest BCUT2D eigenvalue weighted by Gasteiger charge is -2.11. The van der Waals surface area contributed by atoms with Crippen molar-refractivity contribution < 1.29 is 9.59 Å². The summed E-state index contributed by atoms with van der Waals surface area (Å²) in [6.07, 6.45) is 8.46. The number of ketones is 2. The van der Waals surface area contributed by atoms with E-state index < -0.39 is 0 Å². The predicted molar refractivity (Wildman–Crippen MR) is 183 cm³/mol. The molecule has 0 N–H and O–H groups in total. The van der Waals surface area contributed by atoms with Crippen LogP contribution < -0.4 is 0 Å². The molecule has 5 aromatic carbocycles. The first kappa shape index (κ1) is 29.8. The number of Topliss-reactive ketones (excluding diaryl/α,β-unsaturated/α-hetero) is 2. The summed E-state index contributed by atoms with van der Waals surface area (Å²) in [6, 6.07) is 37.6. The lowest BCUT2D eigenvalue weighted by molar-refractivity contribution is 0.0922. The number of benzene rings is 5. The van der Waals surface area contributed by atoms with Gasteiger partial charge in [0.1, 0.15) is 0 Å². The van der Waals surface area contributed by atoms with E-state index in [1.54, 1.807) is 0 Å². The summed E-state index contributed by atoms with van der Waals surface area (Å²) < 4.78 is 0. The van der Waals surface area contributed by atoms with E-state index in [9.17, 15) is 9.59 Å². The van der Waals surface area contributed by atoms with Gasteiger partial charge in [0.05, 0.1) is 0 Å². The van der Waals surface area contributed by atoms with E-state index in [0.717, 1.165) is 79.2 Å². The van der Waals surface area contributed by atoms with E-state index in [2.05, 4.69) is 105 Å². The summed E-state index contributed by atoms with van der Waals surface area (Å²) >= 11 is 0. The molecule has 2 nitrogen and oxygen atoms in total. The van der Waals surface area contributed by atoms with Gasteiger partial charge in [-0.15, -0.1) is 0 Å². The molecule has 222 valence electrons. The van der Waals surface area contributed by atoms with Crippen LogP contribution in [0.4, 0.5) is 0 Å². The fourth-order valence-corrected chi connectivity index (χ4v) is 7.16. The van der Waals surface area contributed by atoms with Crippen LogP contribution in [-0.2, 0) is 12.8 Å². The van der Waals surface area contributed by atoms with Crippen molar-refractivity contribution in [1.29, 1.82) is 0 Å². The summed E-state index contributed by atoms with van der Waals surface area (Å²) in [5.41, 5.74) is 8.93. The van der Waals surface area contributed by atoms with E-state index in [-0.39, 0.29) is 11.8 Å². The molecule has 0 aromatic heterocycles. The highest BCUT2D eigenvalue weighted by atomic mass is 16.1. The van der Waals surface area contributed by atoms with Gasteiger partial charge in [-0.05, 0) is 69.8 Å². The van der Waals surface area contributed by atoms with Crippen LogP contribution in [0.1, 0.15) is 84.2 Å². The lowest BCUT2D eigenvalue weighted by atomic mass is 9.91. The van der Waals surface area contributed by atoms with Crippen molar-refractivity contribution in [1.82, 2.24) is 0 Å². The van der Waals surface area contributed by atoms with E-state index in [1.165, 1.54) is 27.5 Å². The molecule has 0 radical (unpaired) electrons. The fourth-order valence-electron chi connectivity index (χ4n) is 7.16.